The molecule has 3 heterocycles. The molecule has 3 rings (SSSR count). The van der Waals surface area contributed by atoms with Crippen molar-refractivity contribution >= 4 is 71.1 Å². The van der Waals surface area contributed by atoms with Gasteiger partial charge in [-0.1, -0.05) is 83.1 Å². The third-order valence-corrected chi connectivity index (χ3v) is 19.2. The highest BCUT2D eigenvalue weighted by Crippen LogP contribution is 2.34. The van der Waals surface area contributed by atoms with Crippen molar-refractivity contribution in [2.24, 2.45) is 35.5 Å². The van der Waals surface area contributed by atoms with Crippen molar-refractivity contribution in [2.75, 3.05) is 95.5 Å². The third kappa shape index (κ3) is 24.2. The van der Waals surface area contributed by atoms with Gasteiger partial charge in [-0.05, 0) is 128 Å². The van der Waals surface area contributed by atoms with Gasteiger partial charge in [-0.3, -0.25) is 62.5 Å². The Labute approximate surface area is 589 Å². The molecule has 566 valence electrons. The summed E-state index contributed by atoms with van der Waals surface area (Å²) in [6, 6.07) is -13.9. The van der Waals surface area contributed by atoms with Gasteiger partial charge in [0.15, 0.2) is 6.04 Å². The number of hydroxylamine groups is 2. The lowest BCUT2D eigenvalue weighted by Gasteiger charge is -2.50. The summed E-state index contributed by atoms with van der Waals surface area (Å²) in [5.41, 5.74) is 0. The molecule has 4 N–H and O–H groups in total. The van der Waals surface area contributed by atoms with Crippen LogP contribution < -0.4 is 21.3 Å². The fourth-order valence-corrected chi connectivity index (χ4v) is 12.9. The van der Waals surface area contributed by atoms with Gasteiger partial charge in [0.2, 0.25) is 59.1 Å². The summed E-state index contributed by atoms with van der Waals surface area (Å²) in [7, 11) is 9.76. The van der Waals surface area contributed by atoms with Crippen molar-refractivity contribution < 1.29 is 81.3 Å². The first-order valence-corrected chi connectivity index (χ1v) is 35.7. The molecule has 0 aliphatic carbocycles. The number of hydrogen-bond acceptors (Lipinski definition) is 18. The molecule has 0 aromatic carbocycles. The van der Waals surface area contributed by atoms with Crippen LogP contribution in [-0.2, 0) is 76.5 Å². The summed E-state index contributed by atoms with van der Waals surface area (Å²) in [6.07, 6.45) is 0.376. The van der Waals surface area contributed by atoms with Crippen LogP contribution in [-0.4, -0.2) is 285 Å². The Morgan fingerprint density at radius 3 is 1.57 bits per heavy atom. The van der Waals surface area contributed by atoms with E-state index >= 15 is 28.8 Å². The molecule has 29 heteroatoms. The van der Waals surface area contributed by atoms with Crippen molar-refractivity contribution in [3.63, 3.8) is 0 Å². The first-order chi connectivity index (χ1) is 46.3. The Kier molecular flexibility index (Phi) is 35.5. The summed E-state index contributed by atoms with van der Waals surface area (Å²) in [5, 5.41) is 12.1. The molecule has 0 saturated carbocycles. The van der Waals surface area contributed by atoms with Crippen molar-refractivity contribution in [1.29, 1.82) is 0 Å². The number of amides is 11. The molecule has 99 heavy (non-hydrogen) atoms. The quantitative estimate of drug-likeness (QED) is 0.0891. The average molecular weight is 1410 g/mol. The van der Waals surface area contributed by atoms with Gasteiger partial charge < -0.3 is 69.6 Å². The summed E-state index contributed by atoms with van der Waals surface area (Å²) >= 11 is 0. The maximum Gasteiger partial charge on any atom is 0.507 e. The molecule has 11 amide bonds. The lowest BCUT2D eigenvalue weighted by atomic mass is 9.88. The number of unbranched alkanes of at least 4 members (excludes halogenated alkanes) is 2. The van der Waals surface area contributed by atoms with Crippen LogP contribution in [0.1, 0.15) is 169 Å². The van der Waals surface area contributed by atoms with Gasteiger partial charge in [0.1, 0.15) is 66.5 Å². The van der Waals surface area contributed by atoms with E-state index in [0.717, 1.165) is 36.0 Å². The molecular formula is C70H124N12O17. The number of methoxy groups -OCH3 is 1. The first-order valence-electron chi connectivity index (χ1n) is 35.7. The second-order valence-corrected chi connectivity index (χ2v) is 29.3. The molecular weight excluding hydrogens is 1280 g/mol. The largest absolute Gasteiger partial charge is 0.507 e. The molecule has 0 bridgehead atoms. The maximum atomic E-state index is 15.3. The molecule has 0 radical (unpaired) electrons. The van der Waals surface area contributed by atoms with Gasteiger partial charge >= 0.3 is 6.16 Å². The van der Waals surface area contributed by atoms with Crippen LogP contribution in [0, 0.1) is 35.5 Å². The summed E-state index contributed by atoms with van der Waals surface area (Å²) < 4.78 is 21.5. The smallest absolute Gasteiger partial charge is 0.438 e. The second kappa shape index (κ2) is 40.7. The zero-order valence-corrected chi connectivity index (χ0v) is 63.8. The third-order valence-electron chi connectivity index (χ3n) is 19.2. The summed E-state index contributed by atoms with van der Waals surface area (Å²) in [5.74, 6) is -9.78. The molecule has 3 saturated heterocycles. The Hall–Kier alpha value is -6.72. The number of rotatable bonds is 22. The lowest BCUT2D eigenvalue weighted by Crippen LogP contribution is -2.72. The van der Waals surface area contributed by atoms with E-state index < -0.39 is 168 Å². The van der Waals surface area contributed by atoms with Crippen LogP contribution in [0.3, 0.4) is 0 Å². The molecule has 29 nitrogen and oxygen atoms in total. The zero-order valence-electron chi connectivity index (χ0n) is 63.8. The number of hydrogen-bond donors (Lipinski definition) is 4. The predicted octanol–water partition coefficient (Wildman–Crippen LogP) is 3.44. The van der Waals surface area contributed by atoms with E-state index in [-0.39, 0.29) is 56.7 Å². The minimum Gasteiger partial charge on any atom is -0.438 e. The molecule has 0 unspecified atom stereocenters. The number of morpholine rings is 1. The number of nitrogens with zero attached hydrogens (tertiary/aromatic N) is 8. The van der Waals surface area contributed by atoms with Gasteiger partial charge in [-0.2, -0.15) is 0 Å². The Balaban J connectivity index is 2.29. The highest BCUT2D eigenvalue weighted by atomic mass is 16.7. The average Bonchev–Trinajstić information content (AvgIpc) is 0.755. The SMILES string of the molecule is CC[C@@H]1NC(=O)[C@@H]2[C@@H]([C@H](C)CCCCOC(=O)OC)ON2C(=O)[C@H](C(C)C)N(C)C(=O)[C@H](CC(C)C)N(C)C(=O)[C@H](CC(C)C)N(C)C(=O)[C@@H](C)NC(=O)[C@H](C)NC(=O)[C@H](CC(C)C)N(C)C(=O)[C@H](C(C)C)NC(=O)[C@H]([C@@H](C)OCCCCN2CCOCC2)N(C)C(=O)[C@@H](C)N(C)C1=O. The van der Waals surface area contributed by atoms with E-state index in [1.807, 2.05) is 48.5 Å². The first kappa shape index (κ1) is 86.5. The van der Waals surface area contributed by atoms with E-state index in [0.29, 0.717) is 38.9 Å². The van der Waals surface area contributed by atoms with E-state index in [1.54, 1.807) is 41.5 Å². The Morgan fingerprint density at radius 1 is 0.515 bits per heavy atom. The summed E-state index contributed by atoms with van der Waals surface area (Å²) in [4.78, 5) is 191. The molecule has 14 atom stereocenters. The Morgan fingerprint density at radius 2 is 1.03 bits per heavy atom. The van der Waals surface area contributed by atoms with Crippen LogP contribution in [0.4, 0.5) is 4.79 Å². The zero-order chi connectivity index (χ0) is 75.2. The monoisotopic (exact) mass is 1400 g/mol. The van der Waals surface area contributed by atoms with E-state index in [9.17, 15) is 28.8 Å². The van der Waals surface area contributed by atoms with Crippen LogP contribution in [0.25, 0.3) is 0 Å². The van der Waals surface area contributed by atoms with Crippen molar-refractivity contribution in [1.82, 2.24) is 60.6 Å². The van der Waals surface area contributed by atoms with Crippen LogP contribution >= 0.6 is 0 Å². The van der Waals surface area contributed by atoms with Gasteiger partial charge in [0.05, 0.1) is 33.0 Å². The van der Waals surface area contributed by atoms with Gasteiger partial charge in [-0.15, -0.1) is 0 Å². The number of likely N-dealkylation sites (N-methyl/N-ethyl adjacent to an activating group) is 6. The molecule has 3 aliphatic heterocycles. The number of nitrogens with one attached hydrogen (secondary N) is 4. The van der Waals surface area contributed by atoms with Crippen molar-refractivity contribution in [3.05, 3.63) is 0 Å². The molecule has 3 fully saturated rings. The molecule has 0 aromatic heterocycles. The maximum absolute atomic E-state index is 15.3. The molecule has 3 aliphatic rings. The number of fused-ring (bicyclic) bond motifs is 1. The van der Waals surface area contributed by atoms with Crippen LogP contribution in [0.2, 0.25) is 0 Å². The van der Waals surface area contributed by atoms with Crippen molar-refractivity contribution in [2.45, 2.75) is 247 Å². The van der Waals surface area contributed by atoms with E-state index in [4.69, 9.17) is 19.0 Å². The van der Waals surface area contributed by atoms with Gasteiger partial charge in [-0.25, -0.2) is 9.86 Å². The fraction of sp³-hybridized carbons (Fsp3) is 0.829. The number of carbonyl (C=O) groups excluding carboxylic acids is 12. The highest BCUT2D eigenvalue weighted by Gasteiger charge is 2.55. The molecule has 0 aromatic rings. The van der Waals surface area contributed by atoms with Crippen molar-refractivity contribution in [3.8, 4) is 0 Å². The topological polar surface area (TPSA) is 325 Å². The van der Waals surface area contributed by atoms with E-state index in [2.05, 4.69) is 30.9 Å². The Bertz CT molecular complexity index is 2710. The summed E-state index contributed by atoms with van der Waals surface area (Å²) in [6.45, 7) is 31.5. The van der Waals surface area contributed by atoms with E-state index in [1.165, 1.54) is 94.7 Å². The predicted molar refractivity (Wildman–Crippen MR) is 371 cm³/mol. The highest BCUT2D eigenvalue weighted by molar-refractivity contribution is 6.00. The van der Waals surface area contributed by atoms with Gasteiger partial charge in [0, 0.05) is 62.0 Å². The van der Waals surface area contributed by atoms with Gasteiger partial charge in [0.25, 0.3) is 5.91 Å². The number of ether oxygens (including phenoxy) is 4. The lowest BCUT2D eigenvalue weighted by molar-refractivity contribution is -0.322. The molecule has 0 spiro atoms. The fourth-order valence-electron chi connectivity index (χ4n) is 12.9. The second-order valence-electron chi connectivity index (χ2n) is 29.3. The standard InChI is InChI=1S/C70H124N12O17/c1-24-50-65(89)75(17)48(15)64(88)80(22)56(49(16)97-33-28-26-30-81-31-35-96-36-32-81)61(85)74-54(43(8)9)68(92)76(18)51(37-40(2)3)60(84)71-46(13)59(83)72-47(14)63(87)77(19)52(38-41(4)5)66(90)78(20)53(39-42(6)7)67(91)79(21)55(44(10)11)69(93)82-57(62(86)73-50)58(99-82)45(12)29-25-27-34-98-70(94)95-23/h40-58H,24-39H2,1-23H3,(H,71,84)(H,72,83)(H,73,86)(H,74,85)/t45-,46+,47-,48-,49-,50+,51+,52+,53+,54+,55+,56+,57+,58-/m1/s1. The van der Waals surface area contributed by atoms with Crippen LogP contribution in [0.5, 0.6) is 0 Å². The normalized spacial score (nSPS) is 27.6. The minimum absolute atomic E-state index is 0.0121. The van der Waals surface area contributed by atoms with Crippen LogP contribution in [0.15, 0.2) is 0 Å². The number of carbonyl (C=O) groups is 12. The minimum atomic E-state index is -1.40.